The maximum atomic E-state index is 11.0. The van der Waals surface area contributed by atoms with Crippen LogP contribution in [-0.2, 0) is 16.1 Å². The van der Waals surface area contributed by atoms with Gasteiger partial charge in [0.15, 0.2) is 0 Å². The molecule has 0 saturated heterocycles. The van der Waals surface area contributed by atoms with Gasteiger partial charge in [-0.15, -0.1) is 11.3 Å². The lowest BCUT2D eigenvalue weighted by Crippen LogP contribution is -2.24. The molecule has 0 fully saturated rings. The Morgan fingerprint density at radius 1 is 1.53 bits per heavy atom. The third-order valence-corrected chi connectivity index (χ3v) is 3.04. The number of hydrogen-bond acceptors (Lipinski definition) is 4. The van der Waals surface area contributed by atoms with Crippen LogP contribution in [0, 0.1) is 13.8 Å². The predicted octanol–water partition coefficient (Wildman–Crippen LogP) is 2.02. The molecule has 0 spiro atoms. The number of hydrogen-bond donors (Lipinski definition) is 1. The normalized spacial score (nSPS) is 10.3. The van der Waals surface area contributed by atoms with E-state index in [2.05, 4.69) is 25.2 Å². The molecule has 0 saturated carbocycles. The van der Waals surface area contributed by atoms with Crippen molar-refractivity contribution < 1.29 is 9.53 Å². The molecule has 1 rings (SSSR count). The molecule has 0 unspecified atom stereocenters. The van der Waals surface area contributed by atoms with Gasteiger partial charge in [0.1, 0.15) is 0 Å². The molecular weight excluding hydrogens is 210 g/mol. The van der Waals surface area contributed by atoms with E-state index in [1.54, 1.807) is 11.3 Å². The van der Waals surface area contributed by atoms with Crippen LogP contribution >= 0.6 is 11.3 Å². The Morgan fingerprint density at radius 3 is 2.80 bits per heavy atom. The summed E-state index contributed by atoms with van der Waals surface area (Å²) < 4.78 is 4.82. The quantitative estimate of drug-likeness (QED) is 0.782. The highest BCUT2D eigenvalue weighted by Crippen LogP contribution is 2.19. The van der Waals surface area contributed by atoms with E-state index in [4.69, 9.17) is 4.74 Å². The lowest BCUT2D eigenvalue weighted by molar-refractivity contribution is -0.142. The fraction of sp³-hybridized carbons (Fsp3) is 0.545. The molecule has 1 N–H and O–H groups in total. The molecule has 4 heteroatoms. The average Bonchev–Trinajstić information content (AvgIpc) is 2.46. The molecule has 1 heterocycles. The highest BCUT2D eigenvalue weighted by atomic mass is 32.1. The zero-order valence-electron chi connectivity index (χ0n) is 9.42. The second-order valence-electron chi connectivity index (χ2n) is 3.35. The zero-order valence-corrected chi connectivity index (χ0v) is 10.2. The summed E-state index contributed by atoms with van der Waals surface area (Å²) in [7, 11) is 0. The highest BCUT2D eigenvalue weighted by molar-refractivity contribution is 7.12. The molecule has 0 atom stereocenters. The van der Waals surface area contributed by atoms with Crippen LogP contribution in [-0.4, -0.2) is 19.1 Å². The van der Waals surface area contributed by atoms with Crippen molar-refractivity contribution in [3.63, 3.8) is 0 Å². The van der Waals surface area contributed by atoms with Gasteiger partial charge >= 0.3 is 5.97 Å². The van der Waals surface area contributed by atoms with E-state index in [9.17, 15) is 4.79 Å². The van der Waals surface area contributed by atoms with Crippen LogP contribution in [0.4, 0.5) is 0 Å². The van der Waals surface area contributed by atoms with E-state index in [0.29, 0.717) is 6.61 Å². The van der Waals surface area contributed by atoms with E-state index in [-0.39, 0.29) is 12.5 Å². The second-order valence-corrected chi connectivity index (χ2v) is 4.81. The minimum absolute atomic E-state index is 0.192. The summed E-state index contributed by atoms with van der Waals surface area (Å²) in [5, 5.41) is 3.07. The number of thiophene rings is 1. The number of rotatable bonds is 5. The van der Waals surface area contributed by atoms with Crippen LogP contribution in [0.5, 0.6) is 0 Å². The summed E-state index contributed by atoms with van der Waals surface area (Å²) in [6.07, 6.45) is 0. The summed E-state index contributed by atoms with van der Waals surface area (Å²) in [6, 6.07) is 2.15. The van der Waals surface area contributed by atoms with Crippen LogP contribution in [0.25, 0.3) is 0 Å². The summed E-state index contributed by atoms with van der Waals surface area (Å²) in [6.45, 7) is 7.45. The first kappa shape index (κ1) is 12.2. The van der Waals surface area contributed by atoms with Gasteiger partial charge in [0, 0.05) is 16.3 Å². The third-order valence-electron chi connectivity index (χ3n) is 2.03. The number of nitrogens with one attached hydrogen (secondary N) is 1. The Kier molecular flexibility index (Phi) is 4.78. The predicted molar refractivity (Wildman–Crippen MR) is 62.1 cm³/mol. The van der Waals surface area contributed by atoms with Crippen molar-refractivity contribution in [1.29, 1.82) is 0 Å². The van der Waals surface area contributed by atoms with E-state index < -0.39 is 0 Å². The smallest absolute Gasteiger partial charge is 0.319 e. The second kappa shape index (κ2) is 5.88. The van der Waals surface area contributed by atoms with E-state index in [1.165, 1.54) is 15.3 Å². The minimum Gasteiger partial charge on any atom is -0.465 e. The number of carbonyl (C=O) groups is 1. The lowest BCUT2D eigenvalue weighted by Gasteiger charge is -2.03. The third kappa shape index (κ3) is 4.01. The fourth-order valence-corrected chi connectivity index (χ4v) is 2.32. The number of esters is 1. The van der Waals surface area contributed by atoms with Crippen molar-refractivity contribution in [1.82, 2.24) is 5.32 Å². The molecule has 1 aromatic rings. The topological polar surface area (TPSA) is 38.3 Å². The van der Waals surface area contributed by atoms with Crippen molar-refractivity contribution in [2.45, 2.75) is 27.3 Å². The van der Waals surface area contributed by atoms with Crippen LogP contribution < -0.4 is 5.32 Å². The van der Waals surface area contributed by atoms with Crippen molar-refractivity contribution >= 4 is 17.3 Å². The largest absolute Gasteiger partial charge is 0.465 e. The van der Waals surface area contributed by atoms with Crippen molar-refractivity contribution in [3.05, 3.63) is 21.4 Å². The first-order chi connectivity index (χ1) is 7.13. The minimum atomic E-state index is -0.192. The van der Waals surface area contributed by atoms with Gasteiger partial charge in [-0.05, 0) is 32.4 Å². The summed E-state index contributed by atoms with van der Waals surface area (Å²) in [5.41, 5.74) is 1.27. The van der Waals surface area contributed by atoms with E-state index in [0.717, 1.165) is 6.54 Å². The maximum absolute atomic E-state index is 11.0. The van der Waals surface area contributed by atoms with Gasteiger partial charge < -0.3 is 10.1 Å². The SMILES string of the molecule is CCOC(=O)CNCc1cc(C)sc1C. The molecule has 0 aromatic carbocycles. The summed E-state index contributed by atoms with van der Waals surface area (Å²) >= 11 is 1.78. The number of aryl methyl sites for hydroxylation is 2. The first-order valence-corrected chi connectivity index (χ1v) is 5.87. The molecule has 0 aliphatic heterocycles. The Hall–Kier alpha value is -0.870. The van der Waals surface area contributed by atoms with Gasteiger partial charge in [-0.2, -0.15) is 0 Å². The van der Waals surface area contributed by atoms with Gasteiger partial charge in [-0.25, -0.2) is 0 Å². The molecule has 0 amide bonds. The molecule has 15 heavy (non-hydrogen) atoms. The molecule has 3 nitrogen and oxygen atoms in total. The molecule has 0 aliphatic rings. The molecular formula is C11H17NO2S. The zero-order chi connectivity index (χ0) is 11.3. The summed E-state index contributed by atoms with van der Waals surface area (Å²) in [5.74, 6) is -0.192. The Labute approximate surface area is 94.5 Å². The molecule has 0 aliphatic carbocycles. The molecule has 1 aromatic heterocycles. The lowest BCUT2D eigenvalue weighted by atomic mass is 10.2. The van der Waals surface area contributed by atoms with Gasteiger partial charge in [-0.1, -0.05) is 0 Å². The number of ether oxygens (including phenoxy) is 1. The van der Waals surface area contributed by atoms with Crippen LogP contribution in [0.3, 0.4) is 0 Å². The highest BCUT2D eigenvalue weighted by Gasteiger charge is 2.04. The Morgan fingerprint density at radius 2 is 2.27 bits per heavy atom. The average molecular weight is 227 g/mol. The van der Waals surface area contributed by atoms with Crippen LogP contribution in [0.15, 0.2) is 6.07 Å². The van der Waals surface area contributed by atoms with Crippen LogP contribution in [0.1, 0.15) is 22.2 Å². The van der Waals surface area contributed by atoms with E-state index >= 15 is 0 Å². The van der Waals surface area contributed by atoms with Crippen molar-refractivity contribution in [2.75, 3.05) is 13.2 Å². The molecule has 84 valence electrons. The Bertz CT molecular complexity index is 333. The van der Waals surface area contributed by atoms with Gasteiger partial charge in [0.2, 0.25) is 0 Å². The van der Waals surface area contributed by atoms with Gasteiger partial charge in [0.05, 0.1) is 13.2 Å². The van der Waals surface area contributed by atoms with Crippen molar-refractivity contribution in [3.8, 4) is 0 Å². The summed E-state index contributed by atoms with van der Waals surface area (Å²) in [4.78, 5) is 13.7. The van der Waals surface area contributed by atoms with Crippen molar-refractivity contribution in [2.24, 2.45) is 0 Å². The van der Waals surface area contributed by atoms with Gasteiger partial charge in [-0.3, -0.25) is 4.79 Å². The standard InChI is InChI=1S/C11H17NO2S/c1-4-14-11(13)7-12-6-10-5-8(2)15-9(10)3/h5,12H,4,6-7H2,1-3H3. The molecule has 0 bridgehead atoms. The van der Waals surface area contributed by atoms with Gasteiger partial charge in [0.25, 0.3) is 0 Å². The van der Waals surface area contributed by atoms with E-state index in [1.807, 2.05) is 6.92 Å². The monoisotopic (exact) mass is 227 g/mol. The molecule has 0 radical (unpaired) electrons. The fourth-order valence-electron chi connectivity index (χ4n) is 1.37. The number of carbonyl (C=O) groups excluding carboxylic acids is 1. The van der Waals surface area contributed by atoms with Crippen LogP contribution in [0.2, 0.25) is 0 Å². The first-order valence-electron chi connectivity index (χ1n) is 5.05. The maximum Gasteiger partial charge on any atom is 0.319 e. The Balaban J connectivity index is 2.31.